The highest BCUT2D eigenvalue weighted by molar-refractivity contribution is 5.79. The van der Waals surface area contributed by atoms with Crippen LogP contribution in [0.1, 0.15) is 44.9 Å². The molecule has 0 aromatic carbocycles. The number of aliphatic carboxylic acids is 4. The first-order chi connectivity index (χ1) is 10.7. The minimum Gasteiger partial charge on any atom is -0.481 e. The Balaban J connectivity index is -0.000000329. The maximum Gasteiger partial charge on any atom is 0.327 e. The molecule has 0 saturated heterocycles. The van der Waals surface area contributed by atoms with E-state index < -0.39 is 23.9 Å². The van der Waals surface area contributed by atoms with Crippen LogP contribution in [-0.4, -0.2) is 44.3 Å². The lowest BCUT2D eigenvalue weighted by Gasteiger charge is -1.97. The maximum absolute atomic E-state index is 10.1. The summed E-state index contributed by atoms with van der Waals surface area (Å²) in [5.74, 6) is -3.48. The molecular weight excluding hydrogens is 308 g/mol. The molecule has 0 aliphatic carbocycles. The van der Waals surface area contributed by atoms with Gasteiger partial charge in [0.25, 0.3) is 0 Å². The molecule has 0 unspecified atom stereocenters. The van der Waals surface area contributed by atoms with Gasteiger partial charge in [-0.3, -0.25) is 9.59 Å². The van der Waals surface area contributed by atoms with E-state index in [0.717, 1.165) is 31.4 Å². The third-order valence-corrected chi connectivity index (χ3v) is 2.13. The summed E-state index contributed by atoms with van der Waals surface area (Å²) in [4.78, 5) is 38.7. The van der Waals surface area contributed by atoms with Crippen LogP contribution in [0.25, 0.3) is 0 Å². The first-order valence-corrected chi connectivity index (χ1v) is 6.81. The van der Waals surface area contributed by atoms with Crippen LogP contribution in [-0.2, 0) is 19.2 Å². The molecule has 0 rings (SSSR count). The Morgan fingerprint density at radius 3 is 1.00 bits per heavy atom. The van der Waals surface area contributed by atoms with Crippen LogP contribution < -0.4 is 0 Å². The van der Waals surface area contributed by atoms with Gasteiger partial charge >= 0.3 is 23.9 Å². The van der Waals surface area contributed by atoms with E-state index in [1.807, 2.05) is 0 Å². The fourth-order valence-corrected chi connectivity index (χ4v) is 1.08. The predicted octanol–water partition coefficient (Wildman–Crippen LogP) is 2.40. The predicted molar refractivity (Wildman–Crippen MR) is 83.3 cm³/mol. The van der Waals surface area contributed by atoms with Gasteiger partial charge in [0.15, 0.2) is 0 Å². The van der Waals surface area contributed by atoms with Gasteiger partial charge in [0.1, 0.15) is 0 Å². The Bertz CT molecular complexity index is 351. The van der Waals surface area contributed by atoms with Gasteiger partial charge in [-0.15, -0.1) is 0 Å². The zero-order valence-corrected chi connectivity index (χ0v) is 12.9. The fourth-order valence-electron chi connectivity index (χ4n) is 1.08. The van der Waals surface area contributed by atoms with Crippen molar-refractivity contribution in [2.75, 3.05) is 0 Å². The number of carboxylic acid groups (broad SMARTS) is 4. The molecule has 0 aliphatic heterocycles. The third-order valence-electron chi connectivity index (χ3n) is 2.13. The quantitative estimate of drug-likeness (QED) is 0.352. The summed E-state index contributed by atoms with van der Waals surface area (Å²) in [5.41, 5.74) is 0. The summed E-state index contributed by atoms with van der Waals surface area (Å²) >= 11 is 0. The van der Waals surface area contributed by atoms with Crippen LogP contribution in [0.15, 0.2) is 25.3 Å². The summed E-state index contributed by atoms with van der Waals surface area (Å²) in [5, 5.41) is 31.8. The summed E-state index contributed by atoms with van der Waals surface area (Å²) in [6.45, 7) is 5.92. The van der Waals surface area contributed by atoms with Gasteiger partial charge in [-0.05, 0) is 12.8 Å². The second kappa shape index (κ2) is 19.4. The minimum atomic E-state index is -0.981. The van der Waals surface area contributed by atoms with E-state index in [1.54, 1.807) is 0 Å². The highest BCUT2D eigenvalue weighted by atomic mass is 16.4. The second-order valence-electron chi connectivity index (χ2n) is 4.14. The van der Waals surface area contributed by atoms with Gasteiger partial charge in [0.05, 0.1) is 0 Å². The van der Waals surface area contributed by atoms with Gasteiger partial charge in [-0.1, -0.05) is 32.4 Å². The molecule has 0 heterocycles. The molecule has 4 N–H and O–H groups in total. The number of hydrogen-bond acceptors (Lipinski definition) is 4. The average Bonchev–Trinajstić information content (AvgIpc) is 2.46. The van der Waals surface area contributed by atoms with E-state index in [2.05, 4.69) is 13.2 Å². The standard InChI is InChI=1S/C9H16O4.2C3H4O2/c10-8(11)6-4-2-1-3-5-7-9(12)13;2*1-2-3(4)5/h1-7H2,(H,10,11)(H,12,13);2*2H,1H2,(H,4,5). The molecule has 23 heavy (non-hydrogen) atoms. The van der Waals surface area contributed by atoms with E-state index in [9.17, 15) is 19.2 Å². The van der Waals surface area contributed by atoms with E-state index in [1.165, 1.54) is 0 Å². The monoisotopic (exact) mass is 332 g/mol. The van der Waals surface area contributed by atoms with Gasteiger partial charge in [-0.2, -0.15) is 0 Å². The Morgan fingerprint density at radius 1 is 0.609 bits per heavy atom. The summed E-state index contributed by atoms with van der Waals surface area (Å²) < 4.78 is 0. The molecule has 0 saturated carbocycles. The molecule has 0 amide bonds. The molecule has 0 radical (unpaired) electrons. The van der Waals surface area contributed by atoms with Crippen molar-refractivity contribution in [2.24, 2.45) is 0 Å². The molecule has 0 aliphatic rings. The third kappa shape index (κ3) is 45.2. The van der Waals surface area contributed by atoms with Crippen LogP contribution in [0, 0.1) is 0 Å². The molecule has 0 bridgehead atoms. The number of unbranched alkanes of at least 4 members (excludes halogenated alkanes) is 4. The van der Waals surface area contributed by atoms with Crippen molar-refractivity contribution in [3.05, 3.63) is 25.3 Å². The van der Waals surface area contributed by atoms with Crippen molar-refractivity contribution in [3.63, 3.8) is 0 Å². The van der Waals surface area contributed by atoms with Crippen LogP contribution in [0.2, 0.25) is 0 Å². The fraction of sp³-hybridized carbons (Fsp3) is 0.467. The molecule has 0 fully saturated rings. The Hall–Kier alpha value is -2.64. The summed E-state index contributed by atoms with van der Waals surface area (Å²) in [6.07, 6.45) is 6.20. The van der Waals surface area contributed by atoms with Crippen molar-refractivity contribution in [1.29, 1.82) is 0 Å². The lowest BCUT2D eigenvalue weighted by Crippen LogP contribution is -1.95. The second-order valence-corrected chi connectivity index (χ2v) is 4.14. The topological polar surface area (TPSA) is 149 Å². The molecule has 8 heteroatoms. The minimum absolute atomic E-state index is 0.221. The normalized spacial score (nSPS) is 8.35. The Morgan fingerprint density at radius 2 is 0.826 bits per heavy atom. The van der Waals surface area contributed by atoms with Crippen LogP contribution in [0.3, 0.4) is 0 Å². The lowest BCUT2D eigenvalue weighted by atomic mass is 10.1. The molecule has 0 atom stereocenters. The highest BCUT2D eigenvalue weighted by Gasteiger charge is 1.98. The molecule has 8 nitrogen and oxygen atoms in total. The van der Waals surface area contributed by atoms with Crippen molar-refractivity contribution < 1.29 is 39.6 Å². The van der Waals surface area contributed by atoms with Crippen molar-refractivity contribution in [2.45, 2.75) is 44.9 Å². The molecule has 0 aromatic rings. The van der Waals surface area contributed by atoms with Crippen LogP contribution in [0.4, 0.5) is 0 Å². The van der Waals surface area contributed by atoms with Crippen molar-refractivity contribution in [1.82, 2.24) is 0 Å². The first-order valence-electron chi connectivity index (χ1n) is 6.81. The molecule has 0 spiro atoms. The van der Waals surface area contributed by atoms with E-state index in [-0.39, 0.29) is 12.8 Å². The van der Waals surface area contributed by atoms with Crippen LogP contribution in [0.5, 0.6) is 0 Å². The largest absolute Gasteiger partial charge is 0.481 e. The van der Waals surface area contributed by atoms with Crippen LogP contribution >= 0.6 is 0 Å². The van der Waals surface area contributed by atoms with Gasteiger partial charge in [0, 0.05) is 25.0 Å². The maximum atomic E-state index is 10.1. The van der Waals surface area contributed by atoms with Crippen molar-refractivity contribution >= 4 is 23.9 Å². The van der Waals surface area contributed by atoms with Gasteiger partial charge in [0.2, 0.25) is 0 Å². The zero-order valence-electron chi connectivity index (χ0n) is 12.9. The zero-order chi connectivity index (χ0) is 18.7. The number of hydrogen-bond donors (Lipinski definition) is 4. The average molecular weight is 332 g/mol. The molecule has 132 valence electrons. The number of rotatable bonds is 10. The lowest BCUT2D eigenvalue weighted by molar-refractivity contribution is -0.138. The molecular formula is C15H24O8. The molecule has 0 aromatic heterocycles. The van der Waals surface area contributed by atoms with E-state index >= 15 is 0 Å². The Labute approximate surface area is 134 Å². The summed E-state index contributed by atoms with van der Waals surface area (Å²) in [6, 6.07) is 0. The van der Waals surface area contributed by atoms with Gasteiger partial charge < -0.3 is 20.4 Å². The highest BCUT2D eigenvalue weighted by Crippen LogP contribution is 2.06. The smallest absolute Gasteiger partial charge is 0.327 e. The van der Waals surface area contributed by atoms with E-state index in [0.29, 0.717) is 12.8 Å². The first kappa shape index (κ1) is 25.3. The number of carboxylic acids is 4. The number of carbonyl (C=O) groups is 4. The van der Waals surface area contributed by atoms with E-state index in [4.69, 9.17) is 20.4 Å². The summed E-state index contributed by atoms with van der Waals surface area (Å²) in [7, 11) is 0. The van der Waals surface area contributed by atoms with Crippen molar-refractivity contribution in [3.8, 4) is 0 Å². The Kier molecular flexibility index (Phi) is 21.3. The van der Waals surface area contributed by atoms with Gasteiger partial charge in [-0.25, -0.2) is 9.59 Å². The SMILES string of the molecule is C=CC(=O)O.C=CC(=O)O.O=C(O)CCCCCCCC(=O)O.